The normalized spacial score (nSPS) is 18.8. The van der Waals surface area contributed by atoms with E-state index in [4.69, 9.17) is 0 Å². The van der Waals surface area contributed by atoms with Gasteiger partial charge in [-0.05, 0) is 18.9 Å². The highest BCUT2D eigenvalue weighted by molar-refractivity contribution is 5.92. The Morgan fingerprint density at radius 1 is 1.60 bits per heavy atom. The molecule has 0 aliphatic carbocycles. The van der Waals surface area contributed by atoms with E-state index in [9.17, 15) is 10.1 Å². The zero-order valence-electron chi connectivity index (χ0n) is 11.0. The molecular weight excluding hydrogens is 254 g/mol. The van der Waals surface area contributed by atoms with E-state index in [0.29, 0.717) is 12.1 Å². The molecule has 1 fully saturated rings. The van der Waals surface area contributed by atoms with Gasteiger partial charge in [0.15, 0.2) is 0 Å². The van der Waals surface area contributed by atoms with Gasteiger partial charge >= 0.3 is 0 Å². The van der Waals surface area contributed by atoms with Crippen molar-refractivity contribution in [1.29, 1.82) is 5.26 Å². The van der Waals surface area contributed by atoms with Crippen LogP contribution in [-0.2, 0) is 4.79 Å². The third-order valence-corrected chi connectivity index (χ3v) is 3.66. The zero-order chi connectivity index (χ0) is 13.9. The molecule has 2 aromatic heterocycles. The van der Waals surface area contributed by atoms with Crippen LogP contribution in [0.2, 0.25) is 0 Å². The van der Waals surface area contributed by atoms with E-state index >= 15 is 0 Å². The first-order valence-corrected chi connectivity index (χ1v) is 6.64. The lowest BCUT2D eigenvalue weighted by Crippen LogP contribution is -2.41. The summed E-state index contributed by atoms with van der Waals surface area (Å²) in [5.41, 5.74) is 2.09. The summed E-state index contributed by atoms with van der Waals surface area (Å²) < 4.78 is 0. The summed E-state index contributed by atoms with van der Waals surface area (Å²) in [6.45, 7) is 1.48. The van der Waals surface area contributed by atoms with Crippen LogP contribution in [0.4, 0.5) is 5.69 Å². The summed E-state index contributed by atoms with van der Waals surface area (Å²) in [6, 6.07) is 4.25. The average molecular weight is 269 g/mol. The highest BCUT2D eigenvalue weighted by Gasteiger charge is 2.20. The van der Waals surface area contributed by atoms with Crippen molar-refractivity contribution in [3.05, 3.63) is 24.0 Å². The van der Waals surface area contributed by atoms with E-state index in [-0.39, 0.29) is 6.04 Å². The minimum atomic E-state index is 0.168. The van der Waals surface area contributed by atoms with Crippen molar-refractivity contribution in [3.63, 3.8) is 0 Å². The molecule has 2 aromatic rings. The molecule has 0 spiro atoms. The van der Waals surface area contributed by atoms with Crippen LogP contribution in [0, 0.1) is 11.3 Å². The van der Waals surface area contributed by atoms with E-state index in [0.717, 1.165) is 42.5 Å². The first kappa shape index (κ1) is 12.5. The summed E-state index contributed by atoms with van der Waals surface area (Å²) in [7, 11) is 0. The number of H-pyrrole nitrogens is 1. The van der Waals surface area contributed by atoms with Crippen LogP contribution < -0.4 is 5.32 Å². The van der Waals surface area contributed by atoms with E-state index in [1.807, 2.05) is 12.3 Å². The predicted octanol–water partition coefficient (Wildman–Crippen LogP) is 1.47. The first-order chi connectivity index (χ1) is 9.81. The number of piperidine rings is 1. The van der Waals surface area contributed by atoms with Gasteiger partial charge in [-0.1, -0.05) is 0 Å². The van der Waals surface area contributed by atoms with Crippen LogP contribution in [0.15, 0.2) is 18.5 Å². The fourth-order valence-corrected chi connectivity index (χ4v) is 2.67. The van der Waals surface area contributed by atoms with Gasteiger partial charge in [-0.2, -0.15) is 5.26 Å². The van der Waals surface area contributed by atoms with Crippen LogP contribution in [0.3, 0.4) is 0 Å². The number of aromatic amines is 1. The summed E-state index contributed by atoms with van der Waals surface area (Å²) in [5.74, 6) is 0. The predicted molar refractivity (Wildman–Crippen MR) is 75.1 cm³/mol. The number of aromatic nitrogens is 2. The molecule has 1 amide bonds. The van der Waals surface area contributed by atoms with E-state index in [1.54, 1.807) is 11.1 Å². The van der Waals surface area contributed by atoms with Crippen LogP contribution >= 0.6 is 0 Å². The molecule has 2 N–H and O–H groups in total. The Kier molecular flexibility index (Phi) is 3.25. The summed E-state index contributed by atoms with van der Waals surface area (Å²) >= 11 is 0. The maximum absolute atomic E-state index is 10.9. The molecule has 6 nitrogen and oxygen atoms in total. The number of carbonyl (C=O) groups excluding carboxylic acids is 1. The summed E-state index contributed by atoms with van der Waals surface area (Å²) in [4.78, 5) is 19.9. The first-order valence-electron chi connectivity index (χ1n) is 6.64. The second-order valence-electron chi connectivity index (χ2n) is 4.98. The molecule has 0 radical (unpaired) electrons. The number of amides is 1. The summed E-state index contributed by atoms with van der Waals surface area (Å²) in [5, 5.41) is 13.6. The van der Waals surface area contributed by atoms with E-state index in [2.05, 4.69) is 21.4 Å². The van der Waals surface area contributed by atoms with Crippen LogP contribution in [0.25, 0.3) is 11.0 Å². The molecule has 0 bridgehead atoms. The number of fused-ring (bicyclic) bond motifs is 1. The number of anilines is 1. The number of rotatable bonds is 3. The van der Waals surface area contributed by atoms with Gasteiger partial charge in [-0.25, -0.2) is 4.98 Å². The fraction of sp³-hybridized carbons (Fsp3) is 0.357. The van der Waals surface area contributed by atoms with Gasteiger partial charge in [-0.15, -0.1) is 0 Å². The lowest BCUT2D eigenvalue weighted by atomic mass is 10.0. The third-order valence-electron chi connectivity index (χ3n) is 3.66. The van der Waals surface area contributed by atoms with Crippen molar-refractivity contribution in [1.82, 2.24) is 14.9 Å². The SMILES string of the molecule is N#Cc1cnc2[nH]ccc2c1N[C@@H]1CCCN(C=O)C1. The quantitative estimate of drug-likeness (QED) is 0.826. The van der Waals surface area contributed by atoms with Crippen LogP contribution in [0.1, 0.15) is 18.4 Å². The lowest BCUT2D eigenvalue weighted by molar-refractivity contribution is -0.119. The molecule has 1 aliphatic heterocycles. The Hall–Kier alpha value is -2.55. The molecule has 3 heterocycles. The lowest BCUT2D eigenvalue weighted by Gasteiger charge is -2.31. The minimum absolute atomic E-state index is 0.168. The van der Waals surface area contributed by atoms with Crippen molar-refractivity contribution in [2.45, 2.75) is 18.9 Å². The molecule has 102 valence electrons. The van der Waals surface area contributed by atoms with Gasteiger partial charge in [-0.3, -0.25) is 4.79 Å². The van der Waals surface area contributed by atoms with Gasteiger partial charge in [0.25, 0.3) is 0 Å². The molecular formula is C14H15N5O. The highest BCUT2D eigenvalue weighted by Crippen LogP contribution is 2.26. The number of nitrogens with zero attached hydrogens (tertiary/aromatic N) is 3. The largest absolute Gasteiger partial charge is 0.379 e. The highest BCUT2D eigenvalue weighted by atomic mass is 16.1. The molecule has 20 heavy (non-hydrogen) atoms. The maximum atomic E-state index is 10.9. The molecule has 1 atom stereocenters. The van der Waals surface area contributed by atoms with Gasteiger partial charge in [0, 0.05) is 36.9 Å². The number of pyridine rings is 1. The van der Waals surface area contributed by atoms with Crippen LogP contribution in [0.5, 0.6) is 0 Å². The number of likely N-dealkylation sites (tertiary alicyclic amines) is 1. The van der Waals surface area contributed by atoms with Crippen molar-refractivity contribution in [3.8, 4) is 6.07 Å². The van der Waals surface area contributed by atoms with Crippen molar-refractivity contribution in [2.24, 2.45) is 0 Å². The van der Waals surface area contributed by atoms with Crippen LogP contribution in [-0.4, -0.2) is 40.4 Å². The van der Waals surface area contributed by atoms with E-state index in [1.165, 1.54) is 0 Å². The Morgan fingerprint density at radius 3 is 3.30 bits per heavy atom. The molecule has 6 heteroatoms. The number of hydrogen-bond acceptors (Lipinski definition) is 4. The molecule has 0 saturated carbocycles. The average Bonchev–Trinajstić information content (AvgIpc) is 2.96. The summed E-state index contributed by atoms with van der Waals surface area (Å²) in [6.07, 6.45) is 6.23. The van der Waals surface area contributed by atoms with Crippen molar-refractivity contribution >= 4 is 23.1 Å². The smallest absolute Gasteiger partial charge is 0.209 e. The maximum Gasteiger partial charge on any atom is 0.209 e. The second-order valence-corrected chi connectivity index (χ2v) is 4.98. The Balaban J connectivity index is 1.91. The third kappa shape index (κ3) is 2.18. The molecule has 0 unspecified atom stereocenters. The molecule has 0 aromatic carbocycles. The molecule has 3 rings (SSSR count). The van der Waals surface area contributed by atoms with Gasteiger partial charge in [0.2, 0.25) is 6.41 Å². The van der Waals surface area contributed by atoms with Gasteiger partial charge in [0.1, 0.15) is 11.7 Å². The fourth-order valence-electron chi connectivity index (χ4n) is 2.67. The van der Waals surface area contributed by atoms with Gasteiger partial charge in [0.05, 0.1) is 11.3 Å². The second kappa shape index (κ2) is 5.21. The standard InChI is InChI=1S/C14H15N5O/c15-6-10-7-17-14-12(3-4-16-14)13(10)18-11-2-1-5-19(8-11)9-20/h3-4,7,9,11H,1-2,5,8H2,(H2,16,17,18)/t11-/m1/s1. The molecule has 1 saturated heterocycles. The topological polar surface area (TPSA) is 84.8 Å². The van der Waals surface area contributed by atoms with Crippen molar-refractivity contribution < 1.29 is 4.79 Å². The number of hydrogen-bond donors (Lipinski definition) is 2. The minimum Gasteiger partial charge on any atom is -0.379 e. The number of nitrogens with one attached hydrogen (secondary N) is 2. The van der Waals surface area contributed by atoms with Gasteiger partial charge < -0.3 is 15.2 Å². The Morgan fingerprint density at radius 2 is 2.50 bits per heavy atom. The van der Waals surface area contributed by atoms with E-state index < -0.39 is 0 Å². The molecule has 1 aliphatic rings. The Bertz CT molecular complexity index is 672. The van der Waals surface area contributed by atoms with Crippen molar-refractivity contribution in [2.75, 3.05) is 18.4 Å². The monoisotopic (exact) mass is 269 g/mol. The zero-order valence-corrected chi connectivity index (χ0v) is 11.0. The number of carbonyl (C=O) groups is 1. The Labute approximate surface area is 116 Å². The number of nitriles is 1.